The van der Waals surface area contributed by atoms with E-state index in [1.807, 2.05) is 41.0 Å². The predicted octanol–water partition coefficient (Wildman–Crippen LogP) is 4.15. The van der Waals surface area contributed by atoms with E-state index in [0.29, 0.717) is 10.9 Å². The van der Waals surface area contributed by atoms with Crippen molar-refractivity contribution in [2.75, 3.05) is 6.79 Å². The maximum atomic E-state index is 6.11. The van der Waals surface area contributed by atoms with Gasteiger partial charge in [0.1, 0.15) is 5.82 Å². The summed E-state index contributed by atoms with van der Waals surface area (Å²) >= 11 is 12.1. The SMILES string of the molecule is ClCc1nc2ccc(Cl)cc2n1-c1ccc2c(c1)OCO2. The Labute approximate surface area is 130 Å². The van der Waals surface area contributed by atoms with E-state index < -0.39 is 0 Å². The second kappa shape index (κ2) is 4.83. The Morgan fingerprint density at radius 3 is 2.81 bits per heavy atom. The molecular formula is C15H10Cl2N2O2. The molecule has 2 aromatic carbocycles. The van der Waals surface area contributed by atoms with Crippen LogP contribution < -0.4 is 9.47 Å². The Balaban J connectivity index is 1.98. The third-order valence-corrected chi connectivity index (χ3v) is 3.89. The van der Waals surface area contributed by atoms with Crippen LogP contribution in [0.1, 0.15) is 5.82 Å². The predicted molar refractivity (Wildman–Crippen MR) is 81.8 cm³/mol. The molecule has 0 bridgehead atoms. The lowest BCUT2D eigenvalue weighted by molar-refractivity contribution is 0.174. The quantitative estimate of drug-likeness (QED) is 0.665. The largest absolute Gasteiger partial charge is 0.454 e. The molecule has 3 aromatic rings. The van der Waals surface area contributed by atoms with Gasteiger partial charge in [-0.25, -0.2) is 4.98 Å². The highest BCUT2D eigenvalue weighted by Gasteiger charge is 2.17. The van der Waals surface area contributed by atoms with Gasteiger partial charge in [-0.2, -0.15) is 0 Å². The molecule has 0 spiro atoms. The number of ether oxygens (including phenoxy) is 2. The smallest absolute Gasteiger partial charge is 0.231 e. The molecule has 4 nitrogen and oxygen atoms in total. The van der Waals surface area contributed by atoms with Crippen LogP contribution in [0, 0.1) is 0 Å². The third kappa shape index (κ3) is 2.03. The highest BCUT2D eigenvalue weighted by atomic mass is 35.5. The van der Waals surface area contributed by atoms with E-state index in [-0.39, 0.29) is 6.79 Å². The zero-order valence-electron chi connectivity index (χ0n) is 10.8. The number of halogens is 2. The zero-order valence-corrected chi connectivity index (χ0v) is 12.4. The summed E-state index contributed by atoms with van der Waals surface area (Å²) in [5.41, 5.74) is 2.68. The molecule has 0 amide bonds. The number of nitrogens with zero attached hydrogens (tertiary/aromatic N) is 2. The zero-order chi connectivity index (χ0) is 14.4. The minimum Gasteiger partial charge on any atom is -0.454 e. The number of alkyl halides is 1. The van der Waals surface area contributed by atoms with E-state index in [1.165, 1.54) is 0 Å². The van der Waals surface area contributed by atoms with Gasteiger partial charge in [0.2, 0.25) is 6.79 Å². The van der Waals surface area contributed by atoms with Crippen molar-refractivity contribution in [1.82, 2.24) is 9.55 Å². The fraction of sp³-hybridized carbons (Fsp3) is 0.133. The van der Waals surface area contributed by atoms with E-state index >= 15 is 0 Å². The van der Waals surface area contributed by atoms with Gasteiger partial charge in [0.05, 0.1) is 22.6 Å². The van der Waals surface area contributed by atoms with Gasteiger partial charge in [-0.15, -0.1) is 11.6 Å². The number of rotatable bonds is 2. The van der Waals surface area contributed by atoms with Crippen molar-refractivity contribution < 1.29 is 9.47 Å². The molecular weight excluding hydrogens is 311 g/mol. The summed E-state index contributed by atoms with van der Waals surface area (Å²) < 4.78 is 12.8. The summed E-state index contributed by atoms with van der Waals surface area (Å²) in [6, 6.07) is 11.3. The Morgan fingerprint density at radius 2 is 1.95 bits per heavy atom. The first-order valence-electron chi connectivity index (χ1n) is 6.39. The number of imidazole rings is 1. The number of aromatic nitrogens is 2. The van der Waals surface area contributed by atoms with Gasteiger partial charge >= 0.3 is 0 Å². The molecule has 0 N–H and O–H groups in total. The first-order chi connectivity index (χ1) is 10.3. The summed E-state index contributed by atoms with van der Waals surface area (Å²) in [7, 11) is 0. The average molecular weight is 321 g/mol. The molecule has 0 saturated carbocycles. The van der Waals surface area contributed by atoms with Crippen molar-refractivity contribution in [1.29, 1.82) is 0 Å². The van der Waals surface area contributed by atoms with Crippen LogP contribution >= 0.6 is 23.2 Å². The van der Waals surface area contributed by atoms with Crippen LogP contribution in [0.25, 0.3) is 16.7 Å². The molecule has 1 aliphatic heterocycles. The van der Waals surface area contributed by atoms with Gasteiger partial charge in [0.15, 0.2) is 11.5 Å². The van der Waals surface area contributed by atoms with Crippen molar-refractivity contribution in [3.8, 4) is 17.2 Å². The fourth-order valence-electron chi connectivity index (χ4n) is 2.50. The van der Waals surface area contributed by atoms with Crippen LogP contribution in [0.3, 0.4) is 0 Å². The van der Waals surface area contributed by atoms with Crippen LogP contribution in [0.4, 0.5) is 0 Å². The van der Waals surface area contributed by atoms with Crippen LogP contribution in [-0.4, -0.2) is 16.3 Å². The number of benzene rings is 2. The lowest BCUT2D eigenvalue weighted by Gasteiger charge is -2.09. The minimum absolute atomic E-state index is 0.248. The van der Waals surface area contributed by atoms with E-state index in [1.54, 1.807) is 0 Å². The van der Waals surface area contributed by atoms with Crippen molar-refractivity contribution in [3.05, 3.63) is 47.2 Å². The van der Waals surface area contributed by atoms with E-state index in [9.17, 15) is 0 Å². The first-order valence-corrected chi connectivity index (χ1v) is 7.30. The summed E-state index contributed by atoms with van der Waals surface area (Å²) in [6.07, 6.45) is 0. The monoisotopic (exact) mass is 320 g/mol. The summed E-state index contributed by atoms with van der Waals surface area (Å²) in [6.45, 7) is 0.248. The third-order valence-electron chi connectivity index (χ3n) is 3.42. The average Bonchev–Trinajstić information content (AvgIpc) is 3.09. The lowest BCUT2D eigenvalue weighted by atomic mass is 10.2. The summed E-state index contributed by atoms with van der Waals surface area (Å²) in [5, 5.41) is 0.658. The van der Waals surface area contributed by atoms with Crippen LogP contribution in [-0.2, 0) is 5.88 Å². The highest BCUT2D eigenvalue weighted by Crippen LogP contribution is 2.35. The van der Waals surface area contributed by atoms with Crippen molar-refractivity contribution in [2.24, 2.45) is 0 Å². The van der Waals surface area contributed by atoms with Crippen LogP contribution in [0.5, 0.6) is 11.5 Å². The van der Waals surface area contributed by atoms with Crippen molar-refractivity contribution in [2.45, 2.75) is 5.88 Å². The Kier molecular flexibility index (Phi) is 2.94. The molecule has 0 unspecified atom stereocenters. The van der Waals surface area contributed by atoms with Gasteiger partial charge in [0.25, 0.3) is 0 Å². The molecule has 2 heterocycles. The van der Waals surface area contributed by atoms with Crippen LogP contribution in [0.2, 0.25) is 5.02 Å². The maximum absolute atomic E-state index is 6.11. The molecule has 21 heavy (non-hydrogen) atoms. The second-order valence-corrected chi connectivity index (χ2v) is 5.37. The lowest BCUT2D eigenvalue weighted by Crippen LogP contribution is -1.99. The highest BCUT2D eigenvalue weighted by molar-refractivity contribution is 6.31. The van der Waals surface area contributed by atoms with E-state index in [4.69, 9.17) is 32.7 Å². The molecule has 0 saturated heterocycles. The normalized spacial score (nSPS) is 13.0. The van der Waals surface area contributed by atoms with E-state index in [0.717, 1.165) is 34.0 Å². The second-order valence-electron chi connectivity index (χ2n) is 4.67. The number of fused-ring (bicyclic) bond motifs is 2. The fourth-order valence-corrected chi connectivity index (χ4v) is 2.85. The molecule has 106 valence electrons. The van der Waals surface area contributed by atoms with Crippen molar-refractivity contribution in [3.63, 3.8) is 0 Å². The topological polar surface area (TPSA) is 36.3 Å². The molecule has 0 radical (unpaired) electrons. The first kappa shape index (κ1) is 12.8. The Morgan fingerprint density at radius 1 is 1.10 bits per heavy atom. The molecule has 0 atom stereocenters. The maximum Gasteiger partial charge on any atom is 0.231 e. The standard InChI is InChI=1S/C15H10Cl2N2O2/c16-7-15-18-11-3-1-9(17)5-12(11)19(15)10-2-4-13-14(6-10)21-8-20-13/h1-6H,7-8H2. The van der Waals surface area contributed by atoms with Gasteiger partial charge in [-0.1, -0.05) is 11.6 Å². The van der Waals surface area contributed by atoms with Gasteiger partial charge in [-0.3, -0.25) is 4.57 Å². The molecule has 0 fully saturated rings. The molecule has 6 heteroatoms. The van der Waals surface area contributed by atoms with Gasteiger partial charge in [-0.05, 0) is 30.3 Å². The Hall–Kier alpha value is -1.91. The number of hydrogen-bond donors (Lipinski definition) is 0. The molecule has 1 aliphatic rings. The molecule has 1 aromatic heterocycles. The van der Waals surface area contributed by atoms with Gasteiger partial charge < -0.3 is 9.47 Å². The molecule has 4 rings (SSSR count). The minimum atomic E-state index is 0.248. The number of hydrogen-bond acceptors (Lipinski definition) is 3. The van der Waals surface area contributed by atoms with Crippen molar-refractivity contribution >= 4 is 34.2 Å². The van der Waals surface area contributed by atoms with Crippen LogP contribution in [0.15, 0.2) is 36.4 Å². The van der Waals surface area contributed by atoms with Gasteiger partial charge in [0, 0.05) is 11.1 Å². The van der Waals surface area contributed by atoms with E-state index in [2.05, 4.69) is 4.98 Å². The summed E-state index contributed by atoms with van der Waals surface area (Å²) in [4.78, 5) is 4.54. The summed E-state index contributed by atoms with van der Waals surface area (Å²) in [5.74, 6) is 2.53. The molecule has 0 aliphatic carbocycles. The Bertz CT molecular complexity index is 845.